The first kappa shape index (κ1) is 13.5. The third-order valence-electron chi connectivity index (χ3n) is 2.47. The Kier molecular flexibility index (Phi) is 5.77. The summed E-state index contributed by atoms with van der Waals surface area (Å²) in [6.07, 6.45) is -0.221. The van der Waals surface area contributed by atoms with E-state index in [-0.39, 0.29) is 12.3 Å². The van der Waals surface area contributed by atoms with Crippen LogP contribution in [-0.2, 0) is 9.47 Å². The zero-order chi connectivity index (χ0) is 12.0. The summed E-state index contributed by atoms with van der Waals surface area (Å²) < 4.78 is 10.2. The Morgan fingerprint density at radius 1 is 1.31 bits per heavy atom. The van der Waals surface area contributed by atoms with E-state index < -0.39 is 0 Å². The predicted octanol–water partition coefficient (Wildman–Crippen LogP) is 2.61. The van der Waals surface area contributed by atoms with Crippen LogP contribution in [0.1, 0.15) is 18.5 Å². The van der Waals surface area contributed by atoms with E-state index in [1.54, 1.807) is 14.2 Å². The van der Waals surface area contributed by atoms with E-state index in [1.807, 2.05) is 24.3 Å². The van der Waals surface area contributed by atoms with Crippen LogP contribution >= 0.6 is 11.6 Å². The standard InChI is InChI=1S/C12H18ClNO2/c1-9(14-8-12(15-2)16-3)10-5-4-6-11(13)7-10/h4-7,9,12,14H,8H2,1-3H3/t9-/m1/s1. The van der Waals surface area contributed by atoms with Gasteiger partial charge in [-0.05, 0) is 24.6 Å². The van der Waals surface area contributed by atoms with Gasteiger partial charge in [0.25, 0.3) is 0 Å². The fourth-order valence-corrected chi connectivity index (χ4v) is 1.63. The second kappa shape index (κ2) is 6.86. The number of benzene rings is 1. The lowest BCUT2D eigenvalue weighted by Gasteiger charge is -2.19. The molecule has 1 aromatic carbocycles. The molecule has 0 aliphatic carbocycles. The summed E-state index contributed by atoms with van der Waals surface area (Å²) in [6, 6.07) is 8.02. The van der Waals surface area contributed by atoms with E-state index in [2.05, 4.69) is 12.2 Å². The molecule has 3 nitrogen and oxygen atoms in total. The highest BCUT2D eigenvalue weighted by Gasteiger charge is 2.09. The minimum Gasteiger partial charge on any atom is -0.355 e. The van der Waals surface area contributed by atoms with Crippen molar-refractivity contribution in [1.82, 2.24) is 5.32 Å². The summed E-state index contributed by atoms with van der Waals surface area (Å²) in [4.78, 5) is 0. The van der Waals surface area contributed by atoms with Gasteiger partial charge in [0.2, 0.25) is 0 Å². The summed E-state index contributed by atoms with van der Waals surface area (Å²) in [7, 11) is 3.25. The Morgan fingerprint density at radius 3 is 2.56 bits per heavy atom. The van der Waals surface area contributed by atoms with Gasteiger partial charge in [-0.25, -0.2) is 0 Å². The Balaban J connectivity index is 2.49. The Morgan fingerprint density at radius 2 is 2.00 bits per heavy atom. The van der Waals surface area contributed by atoms with Crippen molar-refractivity contribution in [2.45, 2.75) is 19.3 Å². The molecule has 0 aliphatic rings. The van der Waals surface area contributed by atoms with Crippen LogP contribution in [0.2, 0.25) is 5.02 Å². The van der Waals surface area contributed by atoms with Crippen molar-refractivity contribution in [3.05, 3.63) is 34.9 Å². The topological polar surface area (TPSA) is 30.5 Å². The van der Waals surface area contributed by atoms with Crippen molar-refractivity contribution in [3.63, 3.8) is 0 Å². The van der Waals surface area contributed by atoms with Gasteiger partial charge in [-0.3, -0.25) is 0 Å². The number of ether oxygens (including phenoxy) is 2. The summed E-state index contributed by atoms with van der Waals surface area (Å²) >= 11 is 5.93. The molecule has 0 fully saturated rings. The molecule has 4 heteroatoms. The Hall–Kier alpha value is -0.610. The molecular formula is C12H18ClNO2. The molecule has 0 aliphatic heterocycles. The maximum atomic E-state index is 5.93. The zero-order valence-corrected chi connectivity index (χ0v) is 10.6. The van der Waals surface area contributed by atoms with Crippen LogP contribution in [0.25, 0.3) is 0 Å². The van der Waals surface area contributed by atoms with Gasteiger partial charge in [-0.2, -0.15) is 0 Å². The van der Waals surface area contributed by atoms with Crippen LogP contribution in [0.15, 0.2) is 24.3 Å². The first-order valence-electron chi connectivity index (χ1n) is 5.21. The van der Waals surface area contributed by atoms with Crippen molar-refractivity contribution in [1.29, 1.82) is 0 Å². The SMILES string of the molecule is COC(CN[C@H](C)c1cccc(Cl)c1)OC. The van der Waals surface area contributed by atoms with Crippen LogP contribution in [0.3, 0.4) is 0 Å². The van der Waals surface area contributed by atoms with Gasteiger partial charge in [0, 0.05) is 31.8 Å². The largest absolute Gasteiger partial charge is 0.355 e. The summed E-state index contributed by atoms with van der Waals surface area (Å²) in [5.74, 6) is 0. The third-order valence-corrected chi connectivity index (χ3v) is 2.70. The molecule has 1 aromatic rings. The highest BCUT2D eigenvalue weighted by atomic mass is 35.5. The molecule has 0 spiro atoms. The smallest absolute Gasteiger partial charge is 0.169 e. The average Bonchev–Trinajstić information content (AvgIpc) is 2.30. The molecule has 0 unspecified atom stereocenters. The fraction of sp³-hybridized carbons (Fsp3) is 0.500. The summed E-state index contributed by atoms with van der Waals surface area (Å²) in [5.41, 5.74) is 1.15. The lowest BCUT2D eigenvalue weighted by molar-refractivity contribution is -0.0997. The monoisotopic (exact) mass is 243 g/mol. The Labute approximate surface area is 102 Å². The number of methoxy groups -OCH3 is 2. The molecule has 0 radical (unpaired) electrons. The van der Waals surface area contributed by atoms with Crippen molar-refractivity contribution >= 4 is 11.6 Å². The van der Waals surface area contributed by atoms with Gasteiger partial charge >= 0.3 is 0 Å². The lowest BCUT2D eigenvalue weighted by atomic mass is 10.1. The van der Waals surface area contributed by atoms with E-state index in [0.717, 1.165) is 10.6 Å². The molecule has 1 N–H and O–H groups in total. The van der Waals surface area contributed by atoms with E-state index in [1.165, 1.54) is 0 Å². The number of hydrogen-bond acceptors (Lipinski definition) is 3. The molecule has 0 amide bonds. The van der Waals surface area contributed by atoms with Gasteiger partial charge in [-0.1, -0.05) is 23.7 Å². The van der Waals surface area contributed by atoms with Gasteiger partial charge in [0.1, 0.15) is 0 Å². The summed E-state index contributed by atoms with van der Waals surface area (Å²) in [6.45, 7) is 2.72. The van der Waals surface area contributed by atoms with Gasteiger partial charge in [0.15, 0.2) is 6.29 Å². The minimum absolute atomic E-state index is 0.214. The first-order chi connectivity index (χ1) is 7.67. The van der Waals surface area contributed by atoms with Crippen molar-refractivity contribution in [2.24, 2.45) is 0 Å². The van der Waals surface area contributed by atoms with Crippen molar-refractivity contribution < 1.29 is 9.47 Å². The molecular weight excluding hydrogens is 226 g/mol. The fourth-order valence-electron chi connectivity index (χ4n) is 1.43. The molecule has 1 rings (SSSR count). The van der Waals surface area contributed by atoms with E-state index in [4.69, 9.17) is 21.1 Å². The second-order valence-corrected chi connectivity index (χ2v) is 4.02. The van der Waals surface area contributed by atoms with Crippen LogP contribution in [-0.4, -0.2) is 27.1 Å². The Bertz CT molecular complexity index is 316. The quantitative estimate of drug-likeness (QED) is 0.780. The van der Waals surface area contributed by atoms with Crippen molar-refractivity contribution in [3.8, 4) is 0 Å². The predicted molar refractivity (Wildman–Crippen MR) is 65.7 cm³/mol. The molecule has 1 atom stereocenters. The molecule has 0 saturated carbocycles. The van der Waals surface area contributed by atoms with Gasteiger partial charge in [-0.15, -0.1) is 0 Å². The maximum Gasteiger partial charge on any atom is 0.169 e. The maximum absolute atomic E-state index is 5.93. The normalized spacial score (nSPS) is 13.1. The van der Waals surface area contributed by atoms with E-state index >= 15 is 0 Å². The first-order valence-corrected chi connectivity index (χ1v) is 5.59. The molecule has 16 heavy (non-hydrogen) atoms. The third kappa shape index (κ3) is 4.10. The molecule has 0 heterocycles. The minimum atomic E-state index is -0.221. The molecule has 0 saturated heterocycles. The van der Waals surface area contributed by atoms with E-state index in [0.29, 0.717) is 6.54 Å². The number of halogens is 1. The zero-order valence-electron chi connectivity index (χ0n) is 9.87. The molecule has 0 aromatic heterocycles. The highest BCUT2D eigenvalue weighted by molar-refractivity contribution is 6.30. The van der Waals surface area contributed by atoms with E-state index in [9.17, 15) is 0 Å². The van der Waals surface area contributed by atoms with Crippen LogP contribution in [0.5, 0.6) is 0 Å². The second-order valence-electron chi connectivity index (χ2n) is 3.59. The van der Waals surface area contributed by atoms with Gasteiger partial charge in [0.05, 0.1) is 0 Å². The molecule has 90 valence electrons. The van der Waals surface area contributed by atoms with Crippen LogP contribution in [0.4, 0.5) is 0 Å². The van der Waals surface area contributed by atoms with Crippen LogP contribution < -0.4 is 5.32 Å². The summed E-state index contributed by atoms with van der Waals surface area (Å²) in [5, 5.41) is 4.07. The van der Waals surface area contributed by atoms with Crippen molar-refractivity contribution in [2.75, 3.05) is 20.8 Å². The number of nitrogens with one attached hydrogen (secondary N) is 1. The number of rotatable bonds is 6. The molecule has 0 bridgehead atoms. The lowest BCUT2D eigenvalue weighted by Crippen LogP contribution is -2.31. The van der Waals surface area contributed by atoms with Crippen LogP contribution in [0, 0.1) is 0 Å². The van der Waals surface area contributed by atoms with Gasteiger partial charge < -0.3 is 14.8 Å². The average molecular weight is 244 g/mol. The highest BCUT2D eigenvalue weighted by Crippen LogP contribution is 2.17. The number of hydrogen-bond donors (Lipinski definition) is 1.